The van der Waals surface area contributed by atoms with Gasteiger partial charge in [-0.2, -0.15) is 5.10 Å². The summed E-state index contributed by atoms with van der Waals surface area (Å²) in [5, 5.41) is 15.3. The highest BCUT2D eigenvalue weighted by Gasteiger charge is 2.43. The van der Waals surface area contributed by atoms with E-state index in [4.69, 9.17) is 14.2 Å². The number of ether oxygens (including phenoxy) is 3. The zero-order chi connectivity index (χ0) is 15.3. The number of aromatic nitrogens is 2. The molecular formula is C14H23BrN2O4. The molecule has 1 aliphatic heterocycles. The number of aliphatic hydroxyl groups excluding tert-OH is 1. The summed E-state index contributed by atoms with van der Waals surface area (Å²) in [6, 6.07) is 0. The molecule has 0 aromatic carbocycles. The van der Waals surface area contributed by atoms with Crippen LogP contribution in [0, 0.1) is 0 Å². The predicted molar refractivity (Wildman–Crippen MR) is 81.2 cm³/mol. The van der Waals surface area contributed by atoms with Crippen molar-refractivity contribution in [3.63, 3.8) is 0 Å². The van der Waals surface area contributed by atoms with E-state index in [0.29, 0.717) is 45.8 Å². The fourth-order valence-electron chi connectivity index (χ4n) is 2.75. The van der Waals surface area contributed by atoms with Gasteiger partial charge in [0.1, 0.15) is 11.7 Å². The number of methoxy groups -OCH3 is 1. The maximum absolute atomic E-state index is 11.0. The van der Waals surface area contributed by atoms with Gasteiger partial charge in [0.2, 0.25) is 0 Å². The fourth-order valence-corrected chi connectivity index (χ4v) is 3.26. The van der Waals surface area contributed by atoms with Crippen LogP contribution in [-0.4, -0.2) is 54.0 Å². The molecule has 120 valence electrons. The monoisotopic (exact) mass is 362 g/mol. The van der Waals surface area contributed by atoms with E-state index >= 15 is 0 Å². The van der Waals surface area contributed by atoms with Crippen molar-refractivity contribution in [2.24, 2.45) is 0 Å². The van der Waals surface area contributed by atoms with Gasteiger partial charge in [0.25, 0.3) is 0 Å². The highest BCUT2D eigenvalue weighted by atomic mass is 79.9. The van der Waals surface area contributed by atoms with Crippen LogP contribution in [0.2, 0.25) is 0 Å². The van der Waals surface area contributed by atoms with Crippen molar-refractivity contribution in [1.82, 2.24) is 9.78 Å². The van der Waals surface area contributed by atoms with Crippen LogP contribution in [0.5, 0.6) is 0 Å². The molecule has 0 radical (unpaired) electrons. The molecule has 0 spiro atoms. The predicted octanol–water partition coefficient (Wildman–Crippen LogP) is 1.91. The van der Waals surface area contributed by atoms with Crippen molar-refractivity contribution >= 4 is 15.9 Å². The van der Waals surface area contributed by atoms with Crippen LogP contribution in [-0.2, 0) is 20.8 Å². The number of halogens is 1. The lowest BCUT2D eigenvalue weighted by Crippen LogP contribution is -2.45. The van der Waals surface area contributed by atoms with Crippen molar-refractivity contribution in [3.8, 4) is 0 Å². The molecule has 1 aliphatic rings. The van der Waals surface area contributed by atoms with E-state index < -0.39 is 11.7 Å². The minimum absolute atomic E-state index is 0.540. The summed E-state index contributed by atoms with van der Waals surface area (Å²) in [5.74, 6) is 0. The Morgan fingerprint density at radius 2 is 2.24 bits per heavy atom. The molecule has 2 rings (SSSR count). The van der Waals surface area contributed by atoms with Gasteiger partial charge in [-0.1, -0.05) is 0 Å². The Balaban J connectivity index is 2.27. The molecule has 0 bridgehead atoms. The summed E-state index contributed by atoms with van der Waals surface area (Å²) in [6.45, 7) is 4.83. The molecule has 7 heteroatoms. The zero-order valence-corrected chi connectivity index (χ0v) is 14.1. The Labute approximate surface area is 133 Å². The molecular weight excluding hydrogens is 340 g/mol. The number of hydrogen-bond donors (Lipinski definition) is 1. The summed E-state index contributed by atoms with van der Waals surface area (Å²) >= 11 is 3.48. The third-order valence-corrected chi connectivity index (χ3v) is 4.48. The molecule has 1 fully saturated rings. The molecule has 21 heavy (non-hydrogen) atoms. The molecule has 2 heterocycles. The second-order valence-electron chi connectivity index (χ2n) is 5.11. The van der Waals surface area contributed by atoms with Crippen molar-refractivity contribution in [2.75, 3.05) is 33.5 Å². The first-order valence-corrected chi connectivity index (χ1v) is 8.04. The first-order valence-electron chi connectivity index (χ1n) is 7.24. The molecule has 1 aromatic rings. The maximum atomic E-state index is 11.0. The molecule has 1 atom stereocenters. The molecule has 1 saturated heterocycles. The van der Waals surface area contributed by atoms with Crippen LogP contribution in [0.4, 0.5) is 0 Å². The molecule has 0 amide bonds. The van der Waals surface area contributed by atoms with Crippen molar-refractivity contribution in [2.45, 2.75) is 38.0 Å². The van der Waals surface area contributed by atoms with Gasteiger partial charge < -0.3 is 19.3 Å². The topological polar surface area (TPSA) is 65.7 Å². The van der Waals surface area contributed by atoms with Crippen LogP contribution in [0.25, 0.3) is 0 Å². The maximum Gasteiger partial charge on any atom is 0.126 e. The second kappa shape index (κ2) is 7.69. The van der Waals surface area contributed by atoms with E-state index in [1.807, 2.05) is 6.92 Å². The minimum atomic E-state index is -0.755. The molecule has 1 N–H and O–H groups in total. The van der Waals surface area contributed by atoms with Crippen LogP contribution in [0.1, 0.15) is 31.6 Å². The lowest BCUT2D eigenvalue weighted by molar-refractivity contribution is -0.170. The van der Waals surface area contributed by atoms with Crippen LogP contribution >= 0.6 is 15.9 Å². The largest absolute Gasteiger partial charge is 0.384 e. The van der Waals surface area contributed by atoms with E-state index in [9.17, 15) is 5.11 Å². The highest BCUT2D eigenvalue weighted by Crippen LogP contribution is 2.40. The number of hydrogen-bond acceptors (Lipinski definition) is 5. The van der Waals surface area contributed by atoms with Crippen molar-refractivity contribution in [1.29, 1.82) is 0 Å². The summed E-state index contributed by atoms with van der Waals surface area (Å²) in [4.78, 5) is 0. The van der Waals surface area contributed by atoms with Gasteiger partial charge in [0.05, 0.1) is 29.5 Å². The molecule has 1 unspecified atom stereocenters. The third kappa shape index (κ3) is 3.65. The van der Waals surface area contributed by atoms with E-state index in [-0.39, 0.29) is 0 Å². The normalized spacial score (nSPS) is 19.6. The summed E-state index contributed by atoms with van der Waals surface area (Å²) in [5.41, 5.74) is 0.128. The van der Waals surface area contributed by atoms with Gasteiger partial charge in [-0.25, -0.2) is 0 Å². The molecule has 6 nitrogen and oxygen atoms in total. The average Bonchev–Trinajstić information content (AvgIpc) is 2.86. The van der Waals surface area contributed by atoms with E-state index in [1.165, 1.54) is 0 Å². The van der Waals surface area contributed by atoms with Gasteiger partial charge >= 0.3 is 0 Å². The standard InChI is InChI=1S/C14H23BrN2O4/c1-3-21-14(4-7-20-8-5-14)13(18)12-11(15)10-16-17(12)6-9-19-2/h10,13,18H,3-9H2,1-2H3. The Kier molecular flexibility index (Phi) is 6.19. The van der Waals surface area contributed by atoms with Crippen molar-refractivity contribution in [3.05, 3.63) is 16.4 Å². The Morgan fingerprint density at radius 3 is 2.86 bits per heavy atom. The second-order valence-corrected chi connectivity index (χ2v) is 5.96. The Hall–Kier alpha value is -0.470. The van der Waals surface area contributed by atoms with E-state index in [1.54, 1.807) is 18.0 Å². The van der Waals surface area contributed by atoms with Crippen LogP contribution in [0.15, 0.2) is 10.7 Å². The Morgan fingerprint density at radius 1 is 1.52 bits per heavy atom. The smallest absolute Gasteiger partial charge is 0.126 e. The number of rotatable bonds is 7. The molecule has 0 aliphatic carbocycles. The van der Waals surface area contributed by atoms with Gasteiger partial charge in [0.15, 0.2) is 0 Å². The molecule has 0 saturated carbocycles. The van der Waals surface area contributed by atoms with Crippen LogP contribution < -0.4 is 0 Å². The quantitative estimate of drug-likeness (QED) is 0.802. The van der Waals surface area contributed by atoms with Gasteiger partial charge in [-0.15, -0.1) is 0 Å². The zero-order valence-electron chi connectivity index (χ0n) is 12.5. The van der Waals surface area contributed by atoms with Crippen molar-refractivity contribution < 1.29 is 19.3 Å². The van der Waals surface area contributed by atoms with Gasteiger partial charge in [-0.3, -0.25) is 4.68 Å². The van der Waals surface area contributed by atoms with Gasteiger partial charge in [0, 0.05) is 39.8 Å². The van der Waals surface area contributed by atoms with E-state index in [2.05, 4.69) is 21.0 Å². The first-order chi connectivity index (χ1) is 10.1. The summed E-state index contributed by atoms with van der Waals surface area (Å²) in [6.07, 6.45) is 2.29. The lowest BCUT2D eigenvalue weighted by atomic mass is 9.86. The number of aliphatic hydroxyl groups is 1. The lowest BCUT2D eigenvalue weighted by Gasteiger charge is -2.40. The average molecular weight is 363 g/mol. The SMILES string of the molecule is CCOC1(C(O)c2c(Br)cnn2CCOC)CCOCC1. The van der Waals surface area contributed by atoms with E-state index in [0.717, 1.165) is 10.2 Å². The highest BCUT2D eigenvalue weighted by molar-refractivity contribution is 9.10. The molecule has 1 aromatic heterocycles. The number of nitrogens with zero attached hydrogens (tertiary/aromatic N) is 2. The third-order valence-electron chi connectivity index (χ3n) is 3.87. The fraction of sp³-hybridized carbons (Fsp3) is 0.786. The first kappa shape index (κ1) is 16.9. The Bertz CT molecular complexity index is 441. The minimum Gasteiger partial charge on any atom is -0.384 e. The summed E-state index contributed by atoms with van der Waals surface area (Å²) in [7, 11) is 1.65. The van der Waals surface area contributed by atoms with Crippen LogP contribution in [0.3, 0.4) is 0 Å². The van der Waals surface area contributed by atoms with Gasteiger partial charge in [-0.05, 0) is 22.9 Å². The summed E-state index contributed by atoms with van der Waals surface area (Å²) < 4.78 is 19.0.